The Bertz CT molecular complexity index is 695. The van der Waals surface area contributed by atoms with Crippen LogP contribution >= 0.6 is 0 Å². The number of hydrogen-bond donors (Lipinski definition) is 1. The van der Waals surface area contributed by atoms with Gasteiger partial charge in [0.2, 0.25) is 0 Å². The topological polar surface area (TPSA) is 34.0 Å². The highest BCUT2D eigenvalue weighted by Crippen LogP contribution is 2.38. The summed E-state index contributed by atoms with van der Waals surface area (Å²) in [6.45, 7) is 7.06. The minimum Gasteiger partial charge on any atom is -0.352 e. The molecule has 1 aromatic heterocycles. The quantitative estimate of drug-likeness (QED) is 0.896. The van der Waals surface area contributed by atoms with Crippen LogP contribution in [0.25, 0.3) is 0 Å². The number of nitrogens with one attached hydrogen (secondary N) is 1. The molecule has 3 heteroatoms. The van der Waals surface area contributed by atoms with Crippen LogP contribution in [-0.4, -0.2) is 17.0 Å². The summed E-state index contributed by atoms with van der Waals surface area (Å²) in [6.07, 6.45) is 3.50. The molecule has 22 heavy (non-hydrogen) atoms. The van der Waals surface area contributed by atoms with Crippen LogP contribution in [0.1, 0.15) is 51.8 Å². The average Bonchev–Trinajstić information content (AvgIpc) is 3.26. The SMILES string of the molecule is Cc1cccc(C(=O)NCCc2cc(C)n(C3CC3)c2C)c1. The molecular formula is C19H24N2O. The molecule has 0 spiro atoms. The van der Waals surface area contributed by atoms with Gasteiger partial charge >= 0.3 is 0 Å². The van der Waals surface area contributed by atoms with Crippen molar-refractivity contribution in [3.8, 4) is 0 Å². The molecule has 1 aromatic carbocycles. The second kappa shape index (κ2) is 5.99. The van der Waals surface area contributed by atoms with Crippen LogP contribution in [0.4, 0.5) is 0 Å². The van der Waals surface area contributed by atoms with Crippen LogP contribution in [0.3, 0.4) is 0 Å². The van der Waals surface area contributed by atoms with Crippen LogP contribution in [-0.2, 0) is 6.42 Å². The number of carbonyl (C=O) groups excluding carboxylic acids is 1. The zero-order chi connectivity index (χ0) is 15.7. The number of benzene rings is 1. The Kier molecular flexibility index (Phi) is 4.06. The predicted molar refractivity (Wildman–Crippen MR) is 89.4 cm³/mol. The summed E-state index contributed by atoms with van der Waals surface area (Å²) in [5.41, 5.74) is 5.92. The van der Waals surface area contributed by atoms with E-state index < -0.39 is 0 Å². The third-order valence-corrected chi connectivity index (χ3v) is 4.46. The van der Waals surface area contributed by atoms with Crippen molar-refractivity contribution in [2.45, 2.75) is 46.1 Å². The minimum atomic E-state index is 0.0136. The molecule has 0 saturated heterocycles. The summed E-state index contributed by atoms with van der Waals surface area (Å²) in [6, 6.07) is 10.7. The van der Waals surface area contributed by atoms with Crippen LogP contribution < -0.4 is 5.32 Å². The third-order valence-electron chi connectivity index (χ3n) is 4.46. The molecule has 1 aliphatic carbocycles. The van der Waals surface area contributed by atoms with Crippen molar-refractivity contribution >= 4 is 5.91 Å². The Hall–Kier alpha value is -2.03. The van der Waals surface area contributed by atoms with Crippen LogP contribution in [0.2, 0.25) is 0 Å². The normalized spacial score (nSPS) is 14.1. The van der Waals surface area contributed by atoms with Crippen LogP contribution in [0.5, 0.6) is 0 Å². The lowest BCUT2D eigenvalue weighted by Crippen LogP contribution is -2.25. The summed E-state index contributed by atoms with van der Waals surface area (Å²) in [7, 11) is 0. The average molecular weight is 296 g/mol. The van der Waals surface area contributed by atoms with E-state index >= 15 is 0 Å². The molecule has 1 fully saturated rings. The van der Waals surface area contributed by atoms with Gasteiger partial charge in [-0.2, -0.15) is 0 Å². The van der Waals surface area contributed by atoms with E-state index in [0.717, 1.165) is 23.6 Å². The lowest BCUT2D eigenvalue weighted by atomic mass is 10.1. The lowest BCUT2D eigenvalue weighted by Gasteiger charge is -2.08. The lowest BCUT2D eigenvalue weighted by molar-refractivity contribution is 0.0954. The first kappa shape index (κ1) is 14.9. The van der Waals surface area contributed by atoms with Gasteiger partial charge in [-0.3, -0.25) is 4.79 Å². The third kappa shape index (κ3) is 3.08. The maximum absolute atomic E-state index is 12.1. The maximum atomic E-state index is 12.1. The fourth-order valence-corrected chi connectivity index (χ4v) is 3.19. The van der Waals surface area contributed by atoms with E-state index in [9.17, 15) is 4.79 Å². The number of rotatable bonds is 5. The van der Waals surface area contributed by atoms with E-state index in [0.29, 0.717) is 6.54 Å². The molecule has 0 bridgehead atoms. The number of hydrogen-bond acceptors (Lipinski definition) is 1. The number of aryl methyl sites for hydroxylation is 2. The van der Waals surface area contributed by atoms with Crippen molar-refractivity contribution in [3.05, 3.63) is 58.4 Å². The van der Waals surface area contributed by atoms with Crippen molar-refractivity contribution in [3.63, 3.8) is 0 Å². The zero-order valence-corrected chi connectivity index (χ0v) is 13.6. The fraction of sp³-hybridized carbons (Fsp3) is 0.421. The summed E-state index contributed by atoms with van der Waals surface area (Å²) in [5, 5.41) is 3.03. The Balaban J connectivity index is 1.59. The molecular weight excluding hydrogens is 272 g/mol. The molecule has 1 aliphatic rings. The largest absolute Gasteiger partial charge is 0.352 e. The van der Waals surface area contributed by atoms with Crippen molar-refractivity contribution in [2.75, 3.05) is 6.54 Å². The molecule has 0 unspecified atom stereocenters. The molecule has 3 nitrogen and oxygen atoms in total. The first-order valence-electron chi connectivity index (χ1n) is 8.08. The van der Waals surface area contributed by atoms with Crippen molar-refractivity contribution in [1.82, 2.24) is 9.88 Å². The summed E-state index contributed by atoms with van der Waals surface area (Å²) in [4.78, 5) is 12.1. The number of carbonyl (C=O) groups is 1. The van der Waals surface area contributed by atoms with E-state index in [1.54, 1.807) is 0 Å². The predicted octanol–water partition coefficient (Wildman–Crippen LogP) is 3.72. The highest BCUT2D eigenvalue weighted by atomic mass is 16.1. The van der Waals surface area contributed by atoms with Gasteiger partial charge in [0.05, 0.1) is 0 Å². The Morgan fingerprint density at radius 3 is 2.68 bits per heavy atom. The second-order valence-electron chi connectivity index (χ2n) is 6.37. The highest BCUT2D eigenvalue weighted by Gasteiger charge is 2.26. The number of aromatic nitrogens is 1. The molecule has 1 saturated carbocycles. The highest BCUT2D eigenvalue weighted by molar-refractivity contribution is 5.94. The first-order valence-corrected chi connectivity index (χ1v) is 8.08. The van der Waals surface area contributed by atoms with Gasteiger partial charge in [-0.05, 0) is 63.8 Å². The minimum absolute atomic E-state index is 0.0136. The second-order valence-corrected chi connectivity index (χ2v) is 6.37. The van der Waals surface area contributed by atoms with Gasteiger partial charge in [0.15, 0.2) is 0 Å². The maximum Gasteiger partial charge on any atom is 0.251 e. The van der Waals surface area contributed by atoms with E-state index in [1.165, 1.54) is 29.8 Å². The molecule has 2 aromatic rings. The van der Waals surface area contributed by atoms with Crippen LogP contribution in [0, 0.1) is 20.8 Å². The molecule has 1 amide bonds. The molecule has 0 aliphatic heterocycles. The van der Waals surface area contributed by atoms with Crippen LogP contribution in [0.15, 0.2) is 30.3 Å². The molecule has 0 atom stereocenters. The van der Waals surface area contributed by atoms with Crippen molar-refractivity contribution in [1.29, 1.82) is 0 Å². The summed E-state index contributed by atoms with van der Waals surface area (Å²) < 4.78 is 2.46. The standard InChI is InChI=1S/C19H24N2O/c1-13-5-4-6-17(11-13)19(22)20-10-9-16-12-14(2)21(15(16)3)18-7-8-18/h4-6,11-12,18H,7-10H2,1-3H3,(H,20,22). The number of nitrogens with zero attached hydrogens (tertiary/aromatic N) is 1. The van der Waals surface area contributed by atoms with Gasteiger partial charge in [-0.1, -0.05) is 17.7 Å². The molecule has 0 radical (unpaired) electrons. The monoisotopic (exact) mass is 296 g/mol. The van der Waals surface area contributed by atoms with Gasteiger partial charge in [-0.25, -0.2) is 0 Å². The van der Waals surface area contributed by atoms with Gasteiger partial charge in [0.25, 0.3) is 5.91 Å². The Morgan fingerprint density at radius 2 is 2.00 bits per heavy atom. The van der Waals surface area contributed by atoms with Gasteiger partial charge in [0.1, 0.15) is 0 Å². The van der Waals surface area contributed by atoms with Gasteiger partial charge < -0.3 is 9.88 Å². The molecule has 1 heterocycles. The van der Waals surface area contributed by atoms with E-state index in [-0.39, 0.29) is 5.91 Å². The summed E-state index contributed by atoms with van der Waals surface area (Å²) >= 11 is 0. The Labute approximate surface area is 132 Å². The van der Waals surface area contributed by atoms with Gasteiger partial charge in [0, 0.05) is 29.5 Å². The van der Waals surface area contributed by atoms with E-state index in [4.69, 9.17) is 0 Å². The van der Waals surface area contributed by atoms with E-state index in [2.05, 4.69) is 29.8 Å². The molecule has 1 N–H and O–H groups in total. The zero-order valence-electron chi connectivity index (χ0n) is 13.6. The van der Waals surface area contributed by atoms with Crippen molar-refractivity contribution < 1.29 is 4.79 Å². The molecule has 3 rings (SSSR count). The Morgan fingerprint density at radius 1 is 1.23 bits per heavy atom. The van der Waals surface area contributed by atoms with E-state index in [1.807, 2.05) is 31.2 Å². The number of amides is 1. The van der Waals surface area contributed by atoms with Gasteiger partial charge in [-0.15, -0.1) is 0 Å². The smallest absolute Gasteiger partial charge is 0.251 e. The van der Waals surface area contributed by atoms with Crippen molar-refractivity contribution in [2.24, 2.45) is 0 Å². The molecule has 116 valence electrons. The fourth-order valence-electron chi connectivity index (χ4n) is 3.19. The summed E-state index contributed by atoms with van der Waals surface area (Å²) in [5.74, 6) is 0.0136. The first-order chi connectivity index (χ1) is 10.6.